The molecular formula is C23H31N3O5S. The summed E-state index contributed by atoms with van der Waals surface area (Å²) >= 11 is 0. The maximum Gasteiger partial charge on any atom is 0.345 e. The van der Waals surface area contributed by atoms with Gasteiger partial charge in [-0.15, -0.1) is 4.40 Å². The van der Waals surface area contributed by atoms with Gasteiger partial charge in [0.25, 0.3) is 5.91 Å². The van der Waals surface area contributed by atoms with Crippen molar-refractivity contribution in [3.8, 4) is 11.5 Å². The number of benzene rings is 1. The number of ether oxygens (including phenoxy) is 2. The third-order valence-electron chi connectivity index (χ3n) is 6.75. The smallest absolute Gasteiger partial charge is 0.345 e. The minimum Gasteiger partial charge on any atom is -0.497 e. The molecule has 8 nitrogen and oxygen atoms in total. The number of fused-ring (bicyclic) bond motifs is 2. The van der Waals surface area contributed by atoms with Crippen molar-refractivity contribution in [2.45, 2.75) is 46.1 Å². The number of rotatable bonds is 4. The molecule has 9 heteroatoms. The Kier molecular flexibility index (Phi) is 5.31. The standard InChI is InChI=1S/C23H31N3O5S/c1-22(2)11-15-12-23(3,13-22)14-26(15)21(27)19-10-18(24-32(28,29)25(19)4)17-9-16(30-5)7-8-20(17)31-6/h7-10,15H,11-14H2,1-6H3/t15-,23+/m1/s1. The summed E-state index contributed by atoms with van der Waals surface area (Å²) in [7, 11) is 0.316. The van der Waals surface area contributed by atoms with Gasteiger partial charge < -0.3 is 14.4 Å². The number of carbonyl (C=O) groups is 1. The molecule has 2 atom stereocenters. The van der Waals surface area contributed by atoms with Crippen LogP contribution in [0, 0.1) is 10.8 Å². The molecule has 1 aromatic carbocycles. The lowest BCUT2D eigenvalue weighted by atomic mass is 9.65. The Balaban J connectivity index is 1.75. The van der Waals surface area contributed by atoms with E-state index in [1.165, 1.54) is 27.3 Å². The third kappa shape index (κ3) is 3.87. The molecule has 174 valence electrons. The summed E-state index contributed by atoms with van der Waals surface area (Å²) in [5, 5.41) is 0. The van der Waals surface area contributed by atoms with Crippen molar-refractivity contribution in [2.24, 2.45) is 15.2 Å². The maximum atomic E-state index is 13.7. The molecule has 2 bridgehead atoms. The second kappa shape index (κ2) is 7.50. The van der Waals surface area contributed by atoms with E-state index in [-0.39, 0.29) is 34.2 Å². The first-order chi connectivity index (χ1) is 14.9. The molecule has 32 heavy (non-hydrogen) atoms. The summed E-state index contributed by atoms with van der Waals surface area (Å²) in [4.78, 5) is 15.5. The predicted molar refractivity (Wildman–Crippen MR) is 122 cm³/mol. The van der Waals surface area contributed by atoms with E-state index in [2.05, 4.69) is 25.2 Å². The van der Waals surface area contributed by atoms with Gasteiger partial charge in [-0.25, -0.2) is 4.31 Å². The van der Waals surface area contributed by atoms with Crippen LogP contribution < -0.4 is 9.47 Å². The number of carbonyl (C=O) groups excluding carboxylic acids is 1. The monoisotopic (exact) mass is 461 g/mol. The van der Waals surface area contributed by atoms with Crippen molar-refractivity contribution < 1.29 is 22.7 Å². The summed E-state index contributed by atoms with van der Waals surface area (Å²) in [5.74, 6) is 0.694. The van der Waals surface area contributed by atoms with Gasteiger partial charge in [-0.2, -0.15) is 8.42 Å². The maximum absolute atomic E-state index is 13.7. The Morgan fingerprint density at radius 1 is 1.16 bits per heavy atom. The van der Waals surface area contributed by atoms with Crippen LogP contribution in [-0.2, 0) is 15.0 Å². The third-order valence-corrected chi connectivity index (χ3v) is 8.07. The fourth-order valence-electron chi connectivity index (χ4n) is 5.74. The molecule has 3 aliphatic rings. The Labute approximate surface area is 190 Å². The van der Waals surface area contributed by atoms with Crippen LogP contribution in [0.3, 0.4) is 0 Å². The van der Waals surface area contributed by atoms with Crippen LogP contribution in [-0.4, -0.2) is 63.1 Å². The van der Waals surface area contributed by atoms with Crippen molar-refractivity contribution in [3.63, 3.8) is 0 Å². The molecule has 1 saturated carbocycles. The number of likely N-dealkylation sites (N-methyl/N-ethyl adjacent to an activating group) is 1. The number of hydrogen-bond acceptors (Lipinski definition) is 5. The summed E-state index contributed by atoms with van der Waals surface area (Å²) in [6.45, 7) is 7.32. The number of methoxy groups -OCH3 is 2. The molecule has 1 aromatic rings. The van der Waals surface area contributed by atoms with Crippen molar-refractivity contribution in [1.82, 2.24) is 9.21 Å². The Hall–Kier alpha value is -2.55. The minimum absolute atomic E-state index is 0.0433. The Morgan fingerprint density at radius 2 is 1.88 bits per heavy atom. The molecule has 4 rings (SSSR count). The first-order valence-corrected chi connectivity index (χ1v) is 12.1. The van der Waals surface area contributed by atoms with Crippen molar-refractivity contribution in [3.05, 3.63) is 35.5 Å². The van der Waals surface area contributed by atoms with Crippen LogP contribution in [0.1, 0.15) is 45.6 Å². The quantitative estimate of drug-likeness (QED) is 0.688. The lowest BCUT2D eigenvalue weighted by molar-refractivity contribution is -0.129. The topological polar surface area (TPSA) is 88.5 Å². The van der Waals surface area contributed by atoms with Crippen LogP contribution in [0.5, 0.6) is 11.5 Å². The zero-order chi connectivity index (χ0) is 23.5. The van der Waals surface area contributed by atoms with Crippen molar-refractivity contribution in [2.75, 3.05) is 27.8 Å². The zero-order valence-electron chi connectivity index (χ0n) is 19.5. The van der Waals surface area contributed by atoms with Gasteiger partial charge in [0, 0.05) is 25.2 Å². The molecular weight excluding hydrogens is 430 g/mol. The van der Waals surface area contributed by atoms with Crippen LogP contribution >= 0.6 is 0 Å². The SMILES string of the molecule is COc1ccc(OC)c(C2=NS(=O)(=O)N(C)C(C(=O)N3C[C@@]4(C)C[C@H]3CC(C)(C)C4)=C2)c1. The number of amides is 1. The number of likely N-dealkylation sites (tertiary alicyclic amines) is 1. The van der Waals surface area contributed by atoms with Gasteiger partial charge in [0.2, 0.25) is 0 Å². The van der Waals surface area contributed by atoms with Gasteiger partial charge in [-0.1, -0.05) is 20.8 Å². The molecule has 1 aliphatic carbocycles. The average Bonchev–Trinajstić information content (AvgIpc) is 2.97. The normalized spacial score (nSPS) is 28.1. The summed E-state index contributed by atoms with van der Waals surface area (Å²) in [5.41, 5.74) is 0.875. The highest BCUT2D eigenvalue weighted by Crippen LogP contribution is 2.52. The lowest BCUT2D eigenvalue weighted by Gasteiger charge is -2.39. The number of allylic oxidation sites excluding steroid dienone is 1. The van der Waals surface area contributed by atoms with Crippen molar-refractivity contribution in [1.29, 1.82) is 0 Å². The highest BCUT2D eigenvalue weighted by Gasteiger charge is 2.52. The van der Waals surface area contributed by atoms with Crippen LogP contribution in [0.4, 0.5) is 0 Å². The van der Waals surface area contributed by atoms with Gasteiger partial charge >= 0.3 is 10.2 Å². The van der Waals surface area contributed by atoms with Gasteiger partial charge in [0.05, 0.1) is 19.9 Å². The second-order valence-electron chi connectivity index (χ2n) is 10.2. The average molecular weight is 462 g/mol. The number of nitrogens with zero attached hydrogens (tertiary/aromatic N) is 3. The summed E-state index contributed by atoms with van der Waals surface area (Å²) in [6, 6.07) is 5.16. The molecule has 2 heterocycles. The summed E-state index contributed by atoms with van der Waals surface area (Å²) in [6.07, 6.45) is 4.43. The molecule has 0 spiro atoms. The molecule has 0 aromatic heterocycles. The largest absolute Gasteiger partial charge is 0.497 e. The van der Waals surface area contributed by atoms with E-state index in [0.29, 0.717) is 23.6 Å². The van der Waals surface area contributed by atoms with Gasteiger partial charge in [-0.3, -0.25) is 4.79 Å². The van der Waals surface area contributed by atoms with Gasteiger partial charge in [0.1, 0.15) is 17.2 Å². The predicted octanol–water partition coefficient (Wildman–Crippen LogP) is 2.99. The highest BCUT2D eigenvalue weighted by atomic mass is 32.2. The molecule has 1 saturated heterocycles. The first-order valence-electron chi connectivity index (χ1n) is 10.7. The minimum atomic E-state index is -4.08. The van der Waals surface area contributed by atoms with E-state index < -0.39 is 10.2 Å². The molecule has 1 amide bonds. The van der Waals surface area contributed by atoms with Crippen LogP contribution in [0.2, 0.25) is 0 Å². The number of hydrogen-bond donors (Lipinski definition) is 0. The van der Waals surface area contributed by atoms with E-state index >= 15 is 0 Å². The Bertz CT molecular complexity index is 1120. The fourth-order valence-corrected chi connectivity index (χ4v) is 6.64. The Morgan fingerprint density at radius 3 is 2.53 bits per heavy atom. The van der Waals surface area contributed by atoms with Gasteiger partial charge in [0.15, 0.2) is 0 Å². The van der Waals surface area contributed by atoms with E-state index in [4.69, 9.17) is 9.47 Å². The van der Waals surface area contributed by atoms with Crippen molar-refractivity contribution >= 4 is 21.8 Å². The molecule has 2 fully saturated rings. The first kappa shape index (κ1) is 22.6. The van der Waals surface area contributed by atoms with Crippen LogP contribution in [0.15, 0.2) is 34.4 Å². The summed E-state index contributed by atoms with van der Waals surface area (Å²) < 4.78 is 41.4. The molecule has 2 aliphatic heterocycles. The van der Waals surface area contributed by atoms with E-state index in [1.807, 2.05) is 4.90 Å². The van der Waals surface area contributed by atoms with E-state index in [0.717, 1.165) is 23.6 Å². The van der Waals surface area contributed by atoms with Crippen LogP contribution in [0.25, 0.3) is 0 Å². The highest BCUT2D eigenvalue weighted by molar-refractivity contribution is 7.88. The van der Waals surface area contributed by atoms with Gasteiger partial charge in [-0.05, 0) is 54.4 Å². The molecule has 0 unspecified atom stereocenters. The molecule has 0 N–H and O–H groups in total. The lowest BCUT2D eigenvalue weighted by Crippen LogP contribution is -2.43. The fraction of sp³-hybridized carbons (Fsp3) is 0.565. The van der Waals surface area contributed by atoms with E-state index in [1.54, 1.807) is 18.2 Å². The molecule has 0 radical (unpaired) electrons. The van der Waals surface area contributed by atoms with E-state index in [9.17, 15) is 13.2 Å². The zero-order valence-corrected chi connectivity index (χ0v) is 20.3. The second-order valence-corrected chi connectivity index (χ2v) is 11.8.